The van der Waals surface area contributed by atoms with E-state index >= 15 is 0 Å². The van der Waals surface area contributed by atoms with Crippen LogP contribution in [-0.2, 0) is 11.8 Å². The van der Waals surface area contributed by atoms with Gasteiger partial charge in [-0.15, -0.1) is 0 Å². The number of ether oxygens (including phenoxy) is 1. The molecule has 1 aliphatic heterocycles. The van der Waals surface area contributed by atoms with E-state index in [1.807, 2.05) is 6.92 Å². The first-order valence-corrected chi connectivity index (χ1v) is 12.3. The van der Waals surface area contributed by atoms with Crippen LogP contribution in [0.3, 0.4) is 0 Å². The Kier molecular flexibility index (Phi) is 6.21. The number of hydrogen-bond donors (Lipinski definition) is 3. The van der Waals surface area contributed by atoms with Crippen molar-refractivity contribution in [2.75, 3.05) is 6.61 Å². The maximum atomic E-state index is 14.1. The summed E-state index contributed by atoms with van der Waals surface area (Å²) in [6.07, 6.45) is -1.81. The number of rotatable bonds is 5. The van der Waals surface area contributed by atoms with Gasteiger partial charge in [-0.25, -0.2) is 4.98 Å². The minimum atomic E-state index is -4.62. The molecule has 3 N–H and O–H groups in total. The molecule has 10 heteroatoms. The quantitative estimate of drug-likeness (QED) is 0.466. The van der Waals surface area contributed by atoms with E-state index in [1.165, 1.54) is 17.0 Å². The van der Waals surface area contributed by atoms with Crippen LogP contribution in [-0.4, -0.2) is 44.1 Å². The summed E-state index contributed by atoms with van der Waals surface area (Å²) in [6.45, 7) is 3.63. The largest absolute Gasteiger partial charge is 0.492 e. The molecule has 3 aromatic rings. The van der Waals surface area contributed by atoms with Crippen LogP contribution < -0.4 is 10.1 Å². The molecule has 3 atom stereocenters. The Morgan fingerprint density at radius 1 is 1.19 bits per heavy atom. The third-order valence-electron chi connectivity index (χ3n) is 7.42. The van der Waals surface area contributed by atoms with Crippen molar-refractivity contribution in [2.45, 2.75) is 75.0 Å². The maximum Gasteiger partial charge on any atom is 0.418 e. The fourth-order valence-electron chi connectivity index (χ4n) is 5.81. The Hall–Kier alpha value is -3.13. The van der Waals surface area contributed by atoms with E-state index in [0.29, 0.717) is 30.4 Å². The van der Waals surface area contributed by atoms with Gasteiger partial charge in [-0.05, 0) is 63.3 Å². The summed E-state index contributed by atoms with van der Waals surface area (Å²) < 4.78 is 49.6. The normalized spacial score (nSPS) is 30.1. The average molecular weight is 515 g/mol. The van der Waals surface area contributed by atoms with Gasteiger partial charge in [0.05, 0.1) is 45.8 Å². The van der Waals surface area contributed by atoms with E-state index in [0.717, 1.165) is 6.07 Å². The third-order valence-corrected chi connectivity index (χ3v) is 7.42. The Labute approximate surface area is 212 Å². The van der Waals surface area contributed by atoms with Crippen molar-refractivity contribution in [3.05, 3.63) is 59.4 Å². The lowest BCUT2D eigenvalue weighted by molar-refractivity contribution is -0.136. The molecule has 7 nitrogen and oxygen atoms in total. The van der Waals surface area contributed by atoms with Crippen LogP contribution in [0.25, 0.3) is 11.0 Å². The number of nitrogens with one attached hydrogen (secondary N) is 1. The van der Waals surface area contributed by atoms with E-state index < -0.39 is 22.9 Å². The number of alkyl halides is 3. The molecule has 1 aromatic heterocycles. The lowest BCUT2D eigenvalue weighted by Gasteiger charge is -2.42. The van der Waals surface area contributed by atoms with Gasteiger partial charge < -0.3 is 24.8 Å². The van der Waals surface area contributed by atoms with Gasteiger partial charge in [-0.1, -0.05) is 12.1 Å². The Morgan fingerprint density at radius 3 is 2.62 bits per heavy atom. The zero-order valence-corrected chi connectivity index (χ0v) is 20.6. The number of fused-ring (bicyclic) bond motifs is 1. The highest BCUT2D eigenvalue weighted by atomic mass is 19.4. The molecule has 2 aromatic carbocycles. The number of hydrogen-bond acceptors (Lipinski definition) is 6. The van der Waals surface area contributed by atoms with Gasteiger partial charge in [0.15, 0.2) is 0 Å². The molecule has 0 amide bonds. The van der Waals surface area contributed by atoms with E-state index in [9.17, 15) is 28.6 Å². The summed E-state index contributed by atoms with van der Waals surface area (Å²) in [5.74, 6) is 0.0423. The SMILES string of the molecule is CC1CC(O)(c2cccc(C#N)c2)CC(COc2cc(C(F)(F)F)c3c(c2)ncn3C2CC(C)(O)C2)N1. The second-order valence-electron chi connectivity index (χ2n) is 10.8. The number of imidazole rings is 1. The fraction of sp³-hybridized carbons (Fsp3) is 0.481. The van der Waals surface area contributed by atoms with Crippen molar-refractivity contribution >= 4 is 11.0 Å². The predicted molar refractivity (Wildman–Crippen MR) is 130 cm³/mol. The van der Waals surface area contributed by atoms with Crippen molar-refractivity contribution in [3.63, 3.8) is 0 Å². The molecule has 1 aliphatic carbocycles. The van der Waals surface area contributed by atoms with Gasteiger partial charge in [0, 0.05) is 24.2 Å². The van der Waals surface area contributed by atoms with Gasteiger partial charge in [-0.3, -0.25) is 0 Å². The fourth-order valence-corrected chi connectivity index (χ4v) is 5.81. The van der Waals surface area contributed by atoms with E-state index in [4.69, 9.17) is 4.74 Å². The highest BCUT2D eigenvalue weighted by molar-refractivity contribution is 5.82. The highest BCUT2D eigenvalue weighted by Crippen LogP contribution is 2.45. The summed E-state index contributed by atoms with van der Waals surface area (Å²) in [4.78, 5) is 4.21. The lowest BCUT2D eigenvalue weighted by Crippen LogP contribution is -2.53. The first kappa shape index (κ1) is 25.5. The van der Waals surface area contributed by atoms with Gasteiger partial charge in [-0.2, -0.15) is 18.4 Å². The molecule has 0 spiro atoms. The summed E-state index contributed by atoms with van der Waals surface area (Å²) in [5.41, 5.74) is -1.68. The van der Waals surface area contributed by atoms with Crippen LogP contribution in [0.5, 0.6) is 5.75 Å². The minimum absolute atomic E-state index is 0.0171. The predicted octanol–water partition coefficient (Wildman–Crippen LogP) is 4.42. The summed E-state index contributed by atoms with van der Waals surface area (Å²) >= 11 is 0. The van der Waals surface area contributed by atoms with Crippen molar-refractivity contribution in [2.24, 2.45) is 0 Å². The third kappa shape index (κ3) is 5.04. The van der Waals surface area contributed by atoms with Crippen molar-refractivity contribution in [1.29, 1.82) is 5.26 Å². The first-order chi connectivity index (χ1) is 17.4. The van der Waals surface area contributed by atoms with Crippen LogP contribution in [0.15, 0.2) is 42.7 Å². The number of nitrogens with zero attached hydrogens (tertiary/aromatic N) is 3. The molecule has 1 saturated carbocycles. The molecule has 3 unspecified atom stereocenters. The van der Waals surface area contributed by atoms with Gasteiger partial charge in [0.2, 0.25) is 0 Å². The zero-order chi connectivity index (χ0) is 26.6. The van der Waals surface area contributed by atoms with E-state index in [1.54, 1.807) is 31.2 Å². The summed E-state index contributed by atoms with van der Waals surface area (Å²) in [7, 11) is 0. The molecule has 0 radical (unpaired) electrons. The molecule has 2 aliphatic rings. The van der Waals surface area contributed by atoms with E-state index in [-0.39, 0.29) is 47.9 Å². The molecule has 196 valence electrons. The smallest absolute Gasteiger partial charge is 0.418 e. The molecule has 0 bridgehead atoms. The van der Waals surface area contributed by atoms with Gasteiger partial charge >= 0.3 is 6.18 Å². The van der Waals surface area contributed by atoms with Crippen LogP contribution in [0.2, 0.25) is 0 Å². The summed E-state index contributed by atoms with van der Waals surface area (Å²) in [6, 6.07) is 10.7. The molecule has 2 fully saturated rings. The lowest BCUT2D eigenvalue weighted by atomic mass is 9.77. The molecular formula is C27H29F3N4O3. The van der Waals surface area contributed by atoms with Crippen LogP contribution in [0, 0.1) is 11.3 Å². The molecule has 37 heavy (non-hydrogen) atoms. The Balaban J connectivity index is 1.38. The number of piperidine rings is 1. The molecule has 2 heterocycles. The number of aliphatic hydroxyl groups is 2. The number of halogens is 3. The summed E-state index contributed by atoms with van der Waals surface area (Å²) in [5, 5.41) is 34.1. The number of benzene rings is 2. The average Bonchev–Trinajstić information content (AvgIpc) is 3.23. The second kappa shape index (κ2) is 9.01. The standard InChI is InChI=1S/C27H29F3N4O3/c1-16-9-26(36,18-5-3-4-17(6-18)13-31)10-19(33-16)14-37-21-7-22(27(28,29)30)24-23(8-21)32-15-34(24)20-11-25(2,35)12-20/h3-8,15-16,19-20,33,35-36H,9-12,14H2,1-2H3. The first-order valence-electron chi connectivity index (χ1n) is 12.3. The Morgan fingerprint density at radius 2 is 1.95 bits per heavy atom. The topological polar surface area (TPSA) is 103 Å². The highest BCUT2D eigenvalue weighted by Gasteiger charge is 2.43. The van der Waals surface area contributed by atoms with Crippen molar-refractivity contribution in [1.82, 2.24) is 14.9 Å². The molecular weight excluding hydrogens is 485 g/mol. The van der Waals surface area contributed by atoms with Crippen molar-refractivity contribution < 1.29 is 28.1 Å². The monoisotopic (exact) mass is 514 g/mol. The van der Waals surface area contributed by atoms with E-state index in [2.05, 4.69) is 16.4 Å². The van der Waals surface area contributed by atoms with Crippen molar-refractivity contribution in [3.8, 4) is 11.8 Å². The maximum absolute atomic E-state index is 14.1. The van der Waals surface area contributed by atoms with Gasteiger partial charge in [0.1, 0.15) is 12.4 Å². The number of aromatic nitrogens is 2. The Bertz CT molecular complexity index is 1360. The van der Waals surface area contributed by atoms with Gasteiger partial charge in [0.25, 0.3) is 0 Å². The zero-order valence-electron chi connectivity index (χ0n) is 20.6. The molecule has 5 rings (SSSR count). The number of nitriles is 1. The molecule has 1 saturated heterocycles. The second-order valence-corrected chi connectivity index (χ2v) is 10.8. The van der Waals surface area contributed by atoms with Crippen LogP contribution >= 0.6 is 0 Å². The van der Waals surface area contributed by atoms with Crippen LogP contribution in [0.4, 0.5) is 13.2 Å². The minimum Gasteiger partial charge on any atom is -0.492 e. The van der Waals surface area contributed by atoms with Crippen LogP contribution in [0.1, 0.15) is 62.3 Å².